The lowest BCUT2D eigenvalue weighted by molar-refractivity contribution is -0.120. The smallest absolute Gasteiger partial charge is 0.264 e. The molecule has 0 bridgehead atoms. The number of sulfonamides is 1. The van der Waals surface area contributed by atoms with Crippen molar-refractivity contribution in [2.24, 2.45) is 0 Å². The van der Waals surface area contributed by atoms with Gasteiger partial charge in [-0.25, -0.2) is 12.8 Å². The van der Waals surface area contributed by atoms with Gasteiger partial charge in [0, 0.05) is 0 Å². The first-order chi connectivity index (χ1) is 14.8. The fourth-order valence-corrected chi connectivity index (χ4v) is 4.48. The fraction of sp³-hybridized carbons (Fsp3) is 0.174. The maximum atomic E-state index is 13.3. The Labute approximate surface area is 181 Å². The predicted molar refractivity (Wildman–Crippen MR) is 117 cm³/mol. The number of amides is 1. The Hall–Kier alpha value is -3.39. The number of anilines is 1. The zero-order chi connectivity index (χ0) is 22.4. The lowest BCUT2D eigenvalue weighted by Crippen LogP contribution is -2.41. The van der Waals surface area contributed by atoms with Crippen molar-refractivity contribution in [3.63, 3.8) is 0 Å². The van der Waals surface area contributed by atoms with Crippen molar-refractivity contribution in [2.45, 2.75) is 17.9 Å². The summed E-state index contributed by atoms with van der Waals surface area (Å²) in [7, 11) is -2.48. The van der Waals surface area contributed by atoms with Crippen molar-refractivity contribution in [3.8, 4) is 5.75 Å². The molecular weight excluding hydrogens is 419 g/mol. The Morgan fingerprint density at radius 2 is 1.61 bits per heavy atom. The maximum Gasteiger partial charge on any atom is 0.264 e. The number of nitrogens with one attached hydrogen (secondary N) is 1. The number of carbonyl (C=O) groups is 1. The molecular formula is C23H23FN2O4S. The first kappa shape index (κ1) is 22.3. The summed E-state index contributed by atoms with van der Waals surface area (Å²) in [4.78, 5) is 12.8. The highest BCUT2D eigenvalue weighted by Crippen LogP contribution is 2.26. The van der Waals surface area contributed by atoms with Crippen LogP contribution >= 0.6 is 0 Å². The van der Waals surface area contributed by atoms with E-state index in [-0.39, 0.29) is 10.7 Å². The number of hydrogen-bond acceptors (Lipinski definition) is 4. The quantitative estimate of drug-likeness (QED) is 0.574. The van der Waals surface area contributed by atoms with Gasteiger partial charge in [0.1, 0.15) is 18.1 Å². The zero-order valence-corrected chi connectivity index (χ0v) is 18.0. The molecule has 162 valence electrons. The molecule has 0 aromatic heterocycles. The van der Waals surface area contributed by atoms with Crippen molar-refractivity contribution in [2.75, 3.05) is 18.0 Å². The molecule has 0 heterocycles. The second kappa shape index (κ2) is 9.61. The van der Waals surface area contributed by atoms with E-state index >= 15 is 0 Å². The van der Waals surface area contributed by atoms with E-state index in [1.165, 1.54) is 31.4 Å². The number of halogens is 1. The van der Waals surface area contributed by atoms with E-state index in [1.54, 1.807) is 61.5 Å². The number of ether oxygens (including phenoxy) is 1. The number of nitrogens with zero attached hydrogens (tertiary/aromatic N) is 1. The minimum atomic E-state index is -3.99. The van der Waals surface area contributed by atoms with Crippen LogP contribution in [0, 0.1) is 5.82 Å². The van der Waals surface area contributed by atoms with Gasteiger partial charge in [-0.15, -0.1) is 0 Å². The van der Waals surface area contributed by atoms with Crippen LogP contribution < -0.4 is 14.4 Å². The standard InChI is InChI=1S/C23H23FN2O4S/c1-17(18-8-10-19(24)11-9-18)25-23(27)16-26(20-12-14-21(30-2)15-13-20)31(28,29)22-6-4-3-5-7-22/h3-15,17H,16H2,1-2H3,(H,25,27)/t17-/m0/s1. The molecule has 0 unspecified atom stereocenters. The molecule has 0 radical (unpaired) electrons. The topological polar surface area (TPSA) is 75.7 Å². The molecule has 3 aromatic carbocycles. The van der Waals surface area contributed by atoms with E-state index in [2.05, 4.69) is 5.32 Å². The Morgan fingerprint density at radius 1 is 1.00 bits per heavy atom. The fourth-order valence-electron chi connectivity index (χ4n) is 3.04. The summed E-state index contributed by atoms with van der Waals surface area (Å²) >= 11 is 0. The van der Waals surface area contributed by atoms with Crippen LogP contribution in [0.4, 0.5) is 10.1 Å². The van der Waals surface area contributed by atoms with E-state index in [0.717, 1.165) is 4.31 Å². The first-order valence-corrected chi connectivity index (χ1v) is 11.0. The largest absolute Gasteiger partial charge is 0.497 e. The van der Waals surface area contributed by atoms with E-state index in [1.807, 2.05) is 0 Å². The van der Waals surface area contributed by atoms with Crippen LogP contribution in [0.15, 0.2) is 83.8 Å². The van der Waals surface area contributed by atoms with Gasteiger partial charge in [0.15, 0.2) is 0 Å². The van der Waals surface area contributed by atoms with E-state index in [0.29, 0.717) is 17.0 Å². The summed E-state index contributed by atoms with van der Waals surface area (Å²) in [5.41, 5.74) is 1.03. The third kappa shape index (κ3) is 5.40. The summed E-state index contributed by atoms with van der Waals surface area (Å²) in [5.74, 6) is -0.302. The molecule has 8 heteroatoms. The van der Waals surface area contributed by atoms with E-state index < -0.39 is 28.5 Å². The molecule has 0 saturated carbocycles. The normalized spacial score (nSPS) is 12.1. The third-order valence-electron chi connectivity index (χ3n) is 4.73. The van der Waals surface area contributed by atoms with Crippen molar-refractivity contribution in [1.29, 1.82) is 0 Å². The van der Waals surface area contributed by atoms with Crippen LogP contribution in [0.25, 0.3) is 0 Å². The van der Waals surface area contributed by atoms with Crippen LogP contribution in [-0.2, 0) is 14.8 Å². The molecule has 0 fully saturated rings. The highest BCUT2D eigenvalue weighted by atomic mass is 32.2. The highest BCUT2D eigenvalue weighted by molar-refractivity contribution is 7.92. The van der Waals surface area contributed by atoms with Gasteiger partial charge in [-0.1, -0.05) is 30.3 Å². The van der Waals surface area contributed by atoms with Gasteiger partial charge in [0.25, 0.3) is 10.0 Å². The second-order valence-electron chi connectivity index (χ2n) is 6.86. The average molecular weight is 443 g/mol. The summed E-state index contributed by atoms with van der Waals surface area (Å²) in [5, 5.41) is 2.77. The molecule has 0 spiro atoms. The molecule has 6 nitrogen and oxygen atoms in total. The second-order valence-corrected chi connectivity index (χ2v) is 8.73. The lowest BCUT2D eigenvalue weighted by Gasteiger charge is -2.25. The monoisotopic (exact) mass is 442 g/mol. The number of carbonyl (C=O) groups excluding carboxylic acids is 1. The number of hydrogen-bond donors (Lipinski definition) is 1. The maximum absolute atomic E-state index is 13.3. The van der Waals surface area contributed by atoms with Gasteiger partial charge in [0.2, 0.25) is 5.91 Å². The van der Waals surface area contributed by atoms with Crippen LogP contribution in [0.1, 0.15) is 18.5 Å². The molecule has 1 atom stereocenters. The first-order valence-electron chi connectivity index (χ1n) is 9.58. The minimum Gasteiger partial charge on any atom is -0.497 e. The molecule has 31 heavy (non-hydrogen) atoms. The van der Waals surface area contributed by atoms with Gasteiger partial charge < -0.3 is 10.1 Å². The SMILES string of the molecule is COc1ccc(N(CC(=O)N[C@@H](C)c2ccc(F)cc2)S(=O)(=O)c2ccccc2)cc1. The Kier molecular flexibility index (Phi) is 6.91. The van der Waals surface area contributed by atoms with Crippen molar-refractivity contribution >= 4 is 21.6 Å². The molecule has 3 aromatic rings. The molecule has 0 aliphatic carbocycles. The zero-order valence-electron chi connectivity index (χ0n) is 17.2. The van der Waals surface area contributed by atoms with Crippen molar-refractivity contribution in [1.82, 2.24) is 5.32 Å². The number of methoxy groups -OCH3 is 1. The molecule has 0 aliphatic rings. The van der Waals surface area contributed by atoms with Crippen molar-refractivity contribution < 1.29 is 22.3 Å². The Balaban J connectivity index is 1.87. The molecule has 0 aliphatic heterocycles. The Morgan fingerprint density at radius 3 is 2.19 bits per heavy atom. The highest BCUT2D eigenvalue weighted by Gasteiger charge is 2.27. The van der Waals surface area contributed by atoms with Crippen LogP contribution in [0.3, 0.4) is 0 Å². The molecule has 1 amide bonds. The summed E-state index contributed by atoms with van der Waals surface area (Å²) in [6, 6.07) is 19.7. The van der Waals surface area contributed by atoms with Crippen molar-refractivity contribution in [3.05, 3.63) is 90.2 Å². The molecule has 0 saturated heterocycles. The summed E-state index contributed by atoms with van der Waals surface area (Å²) in [6.07, 6.45) is 0. The third-order valence-corrected chi connectivity index (χ3v) is 6.51. The molecule has 1 N–H and O–H groups in total. The number of rotatable bonds is 8. The number of benzene rings is 3. The van der Waals surface area contributed by atoms with Crippen LogP contribution in [0.2, 0.25) is 0 Å². The molecule has 3 rings (SSSR count). The lowest BCUT2D eigenvalue weighted by atomic mass is 10.1. The van der Waals surface area contributed by atoms with Crippen LogP contribution in [-0.4, -0.2) is 28.0 Å². The van der Waals surface area contributed by atoms with Gasteiger partial charge in [-0.2, -0.15) is 0 Å². The van der Waals surface area contributed by atoms with Gasteiger partial charge in [-0.3, -0.25) is 9.10 Å². The van der Waals surface area contributed by atoms with Gasteiger partial charge in [0.05, 0.1) is 23.7 Å². The van der Waals surface area contributed by atoms with Gasteiger partial charge in [-0.05, 0) is 61.0 Å². The van der Waals surface area contributed by atoms with Gasteiger partial charge >= 0.3 is 0 Å². The predicted octanol–water partition coefficient (Wildman–Crippen LogP) is 3.91. The van der Waals surface area contributed by atoms with E-state index in [9.17, 15) is 17.6 Å². The summed E-state index contributed by atoms with van der Waals surface area (Å²) < 4.78 is 45.9. The average Bonchev–Trinajstić information content (AvgIpc) is 2.78. The summed E-state index contributed by atoms with van der Waals surface area (Å²) in [6.45, 7) is 1.32. The minimum absolute atomic E-state index is 0.0743. The van der Waals surface area contributed by atoms with E-state index in [4.69, 9.17) is 4.74 Å². The Bertz CT molecular complexity index is 1120. The van der Waals surface area contributed by atoms with Crippen LogP contribution in [0.5, 0.6) is 5.75 Å².